The Morgan fingerprint density at radius 2 is 2.00 bits per heavy atom. The SMILES string of the molecule is Cc1ccc(NC(=O)CSc2ccc([N+](=O)[O-])cc2)nc1. The number of carbonyl (C=O) groups is 1. The van der Waals surface area contributed by atoms with Crippen LogP contribution in [-0.4, -0.2) is 21.6 Å². The molecule has 0 saturated heterocycles. The van der Waals surface area contributed by atoms with Gasteiger partial charge in [0.2, 0.25) is 5.91 Å². The van der Waals surface area contributed by atoms with E-state index in [1.807, 2.05) is 13.0 Å². The molecule has 2 rings (SSSR count). The van der Waals surface area contributed by atoms with E-state index in [9.17, 15) is 14.9 Å². The van der Waals surface area contributed by atoms with Crippen LogP contribution in [0, 0.1) is 17.0 Å². The van der Waals surface area contributed by atoms with Crippen LogP contribution in [0.5, 0.6) is 0 Å². The summed E-state index contributed by atoms with van der Waals surface area (Å²) in [4.78, 5) is 26.7. The Morgan fingerprint density at radius 3 is 2.57 bits per heavy atom. The fourth-order valence-electron chi connectivity index (χ4n) is 1.53. The molecule has 108 valence electrons. The van der Waals surface area contributed by atoms with Gasteiger partial charge in [-0.05, 0) is 30.7 Å². The molecule has 0 spiro atoms. The number of anilines is 1. The number of hydrogen-bond donors (Lipinski definition) is 1. The molecule has 0 aliphatic carbocycles. The number of rotatable bonds is 5. The number of nitrogens with zero attached hydrogens (tertiary/aromatic N) is 2. The molecule has 0 atom stereocenters. The van der Waals surface area contributed by atoms with Crippen LogP contribution in [0.15, 0.2) is 47.5 Å². The highest BCUT2D eigenvalue weighted by atomic mass is 32.2. The first-order valence-corrected chi connectivity index (χ1v) is 7.13. The van der Waals surface area contributed by atoms with E-state index in [1.165, 1.54) is 23.9 Å². The minimum atomic E-state index is -0.454. The molecule has 1 heterocycles. The summed E-state index contributed by atoms with van der Waals surface area (Å²) in [5, 5.41) is 13.2. The summed E-state index contributed by atoms with van der Waals surface area (Å²) in [6, 6.07) is 9.69. The van der Waals surface area contributed by atoms with Crippen LogP contribution in [0.1, 0.15) is 5.56 Å². The van der Waals surface area contributed by atoms with Crippen LogP contribution < -0.4 is 5.32 Å². The maximum absolute atomic E-state index is 11.8. The lowest BCUT2D eigenvalue weighted by atomic mass is 10.3. The third-order valence-electron chi connectivity index (χ3n) is 2.60. The molecule has 0 aliphatic heterocycles. The standard InChI is InChI=1S/C14H13N3O3S/c1-10-2-7-13(15-8-10)16-14(18)9-21-12-5-3-11(4-6-12)17(19)20/h2-8H,9H2,1H3,(H,15,16,18). The fraction of sp³-hybridized carbons (Fsp3) is 0.143. The third kappa shape index (κ3) is 4.57. The van der Waals surface area contributed by atoms with Crippen molar-refractivity contribution in [2.75, 3.05) is 11.1 Å². The lowest BCUT2D eigenvalue weighted by Gasteiger charge is -2.04. The second kappa shape index (κ2) is 6.85. The number of hydrogen-bond acceptors (Lipinski definition) is 5. The summed E-state index contributed by atoms with van der Waals surface area (Å²) >= 11 is 1.31. The zero-order valence-electron chi connectivity index (χ0n) is 11.3. The Labute approximate surface area is 125 Å². The minimum Gasteiger partial charge on any atom is -0.310 e. The molecule has 21 heavy (non-hydrogen) atoms. The summed E-state index contributed by atoms with van der Waals surface area (Å²) in [5.74, 6) is 0.553. The number of aryl methyl sites for hydroxylation is 1. The lowest BCUT2D eigenvalue weighted by Crippen LogP contribution is -2.14. The van der Waals surface area contributed by atoms with Crippen molar-refractivity contribution in [3.63, 3.8) is 0 Å². The normalized spacial score (nSPS) is 10.1. The Hall–Kier alpha value is -2.41. The minimum absolute atomic E-state index is 0.0349. The van der Waals surface area contributed by atoms with Gasteiger partial charge in [0.25, 0.3) is 5.69 Å². The molecule has 0 radical (unpaired) electrons. The number of aromatic nitrogens is 1. The van der Waals surface area contributed by atoms with Crippen LogP contribution in [0.25, 0.3) is 0 Å². The number of amides is 1. The molecule has 0 aliphatic rings. The van der Waals surface area contributed by atoms with E-state index in [4.69, 9.17) is 0 Å². The number of carbonyl (C=O) groups excluding carboxylic acids is 1. The van der Waals surface area contributed by atoms with Crippen molar-refractivity contribution in [3.8, 4) is 0 Å². The number of nitro benzene ring substituents is 1. The fourth-order valence-corrected chi connectivity index (χ4v) is 2.23. The Morgan fingerprint density at radius 1 is 1.29 bits per heavy atom. The van der Waals surface area contributed by atoms with E-state index in [2.05, 4.69) is 10.3 Å². The summed E-state index contributed by atoms with van der Waals surface area (Å²) in [5.41, 5.74) is 1.06. The number of nitrogens with one attached hydrogen (secondary N) is 1. The van der Waals surface area contributed by atoms with E-state index in [-0.39, 0.29) is 17.3 Å². The van der Waals surface area contributed by atoms with Gasteiger partial charge >= 0.3 is 0 Å². The molecule has 0 fully saturated rings. The summed E-state index contributed by atoms with van der Waals surface area (Å²) in [6.07, 6.45) is 1.68. The molecule has 1 aromatic heterocycles. The predicted molar refractivity (Wildman–Crippen MR) is 81.4 cm³/mol. The van der Waals surface area contributed by atoms with E-state index < -0.39 is 4.92 Å². The van der Waals surface area contributed by atoms with Crippen LogP contribution in [-0.2, 0) is 4.79 Å². The van der Waals surface area contributed by atoms with Crippen molar-refractivity contribution in [2.24, 2.45) is 0 Å². The van der Waals surface area contributed by atoms with Gasteiger partial charge < -0.3 is 5.32 Å². The highest BCUT2D eigenvalue weighted by Crippen LogP contribution is 2.21. The monoisotopic (exact) mass is 303 g/mol. The van der Waals surface area contributed by atoms with Gasteiger partial charge in [0, 0.05) is 23.2 Å². The average Bonchev–Trinajstić information content (AvgIpc) is 2.48. The lowest BCUT2D eigenvalue weighted by molar-refractivity contribution is -0.384. The van der Waals surface area contributed by atoms with E-state index in [1.54, 1.807) is 24.4 Å². The highest BCUT2D eigenvalue weighted by Gasteiger charge is 2.07. The van der Waals surface area contributed by atoms with Gasteiger partial charge in [-0.15, -0.1) is 11.8 Å². The summed E-state index contributed by atoms with van der Waals surface area (Å²) in [6.45, 7) is 1.92. The number of thioether (sulfide) groups is 1. The Balaban J connectivity index is 1.86. The van der Waals surface area contributed by atoms with Gasteiger partial charge in [0.15, 0.2) is 0 Å². The Kier molecular flexibility index (Phi) is 4.89. The molecular formula is C14H13N3O3S. The average molecular weight is 303 g/mol. The molecule has 1 N–H and O–H groups in total. The predicted octanol–water partition coefficient (Wildman–Crippen LogP) is 3.03. The number of benzene rings is 1. The first kappa shape index (κ1) is 15.0. The second-order valence-electron chi connectivity index (χ2n) is 4.31. The van der Waals surface area contributed by atoms with Crippen molar-refractivity contribution in [3.05, 3.63) is 58.3 Å². The highest BCUT2D eigenvalue weighted by molar-refractivity contribution is 8.00. The molecule has 1 aromatic carbocycles. The number of pyridine rings is 1. The van der Waals surface area contributed by atoms with Crippen LogP contribution in [0.2, 0.25) is 0 Å². The van der Waals surface area contributed by atoms with Gasteiger partial charge in [0.05, 0.1) is 10.7 Å². The zero-order chi connectivity index (χ0) is 15.2. The van der Waals surface area contributed by atoms with E-state index in [0.29, 0.717) is 5.82 Å². The van der Waals surface area contributed by atoms with Crippen LogP contribution in [0.3, 0.4) is 0 Å². The van der Waals surface area contributed by atoms with Gasteiger partial charge in [-0.25, -0.2) is 4.98 Å². The molecule has 6 nitrogen and oxygen atoms in total. The maximum atomic E-state index is 11.8. The number of nitro groups is 1. The molecule has 2 aromatic rings. The Bertz CT molecular complexity index is 642. The molecule has 0 unspecified atom stereocenters. The van der Waals surface area contributed by atoms with Crippen molar-refractivity contribution in [1.82, 2.24) is 4.98 Å². The molecule has 1 amide bonds. The summed E-state index contributed by atoms with van der Waals surface area (Å²) in [7, 11) is 0. The molecule has 7 heteroatoms. The van der Waals surface area contributed by atoms with Gasteiger partial charge in [-0.2, -0.15) is 0 Å². The van der Waals surface area contributed by atoms with Crippen molar-refractivity contribution < 1.29 is 9.72 Å². The largest absolute Gasteiger partial charge is 0.310 e. The first-order chi connectivity index (χ1) is 10.0. The molecule has 0 saturated carbocycles. The summed E-state index contributed by atoms with van der Waals surface area (Å²) < 4.78 is 0. The van der Waals surface area contributed by atoms with Gasteiger partial charge in [0.1, 0.15) is 5.82 Å². The second-order valence-corrected chi connectivity index (χ2v) is 5.36. The first-order valence-electron chi connectivity index (χ1n) is 6.14. The van der Waals surface area contributed by atoms with E-state index in [0.717, 1.165) is 10.5 Å². The maximum Gasteiger partial charge on any atom is 0.269 e. The quantitative estimate of drug-likeness (QED) is 0.521. The van der Waals surface area contributed by atoms with Crippen molar-refractivity contribution >= 4 is 29.2 Å². The van der Waals surface area contributed by atoms with Crippen molar-refractivity contribution in [1.29, 1.82) is 0 Å². The van der Waals surface area contributed by atoms with Crippen molar-refractivity contribution in [2.45, 2.75) is 11.8 Å². The number of non-ortho nitro benzene ring substituents is 1. The van der Waals surface area contributed by atoms with Crippen LogP contribution in [0.4, 0.5) is 11.5 Å². The topological polar surface area (TPSA) is 85.1 Å². The molecular weight excluding hydrogens is 290 g/mol. The smallest absolute Gasteiger partial charge is 0.269 e. The van der Waals surface area contributed by atoms with Crippen LogP contribution >= 0.6 is 11.8 Å². The zero-order valence-corrected chi connectivity index (χ0v) is 12.1. The van der Waals surface area contributed by atoms with Gasteiger partial charge in [-0.3, -0.25) is 14.9 Å². The van der Waals surface area contributed by atoms with E-state index >= 15 is 0 Å². The van der Waals surface area contributed by atoms with Gasteiger partial charge in [-0.1, -0.05) is 6.07 Å². The molecule has 0 bridgehead atoms. The third-order valence-corrected chi connectivity index (χ3v) is 3.61.